The van der Waals surface area contributed by atoms with Crippen molar-refractivity contribution in [2.24, 2.45) is 0 Å². The van der Waals surface area contributed by atoms with Crippen LogP contribution >= 0.6 is 0 Å². The first-order valence-corrected chi connectivity index (χ1v) is 11.1. The predicted octanol–water partition coefficient (Wildman–Crippen LogP) is 7.55. The molecule has 0 bridgehead atoms. The van der Waals surface area contributed by atoms with E-state index in [1.54, 1.807) is 0 Å². The maximum atomic E-state index is 5.88. The molecule has 0 heterocycles. The Hall–Kier alpha value is -1.18. The molecule has 0 aliphatic heterocycles. The summed E-state index contributed by atoms with van der Waals surface area (Å²) < 4.78 is 11.8. The van der Waals surface area contributed by atoms with Crippen LogP contribution in [-0.4, -0.2) is 13.2 Å². The van der Waals surface area contributed by atoms with E-state index in [1.165, 1.54) is 77.0 Å². The zero-order valence-corrected chi connectivity index (χ0v) is 17.3. The van der Waals surface area contributed by atoms with Crippen molar-refractivity contribution in [1.29, 1.82) is 0 Å². The fourth-order valence-electron chi connectivity index (χ4n) is 3.05. The number of hydrogen-bond donors (Lipinski definition) is 0. The number of hydrogen-bond acceptors (Lipinski definition) is 2. The number of benzene rings is 1. The van der Waals surface area contributed by atoms with E-state index < -0.39 is 0 Å². The summed E-state index contributed by atoms with van der Waals surface area (Å²) >= 11 is 0. The summed E-state index contributed by atoms with van der Waals surface area (Å²) in [6.07, 6.45) is 18.1. The van der Waals surface area contributed by atoms with Crippen LogP contribution in [-0.2, 0) is 0 Å². The SMILES string of the molecule is CCCCCCCCCOc1[c]cc[c]c1OCCCCCCCCC. The van der Waals surface area contributed by atoms with Crippen molar-refractivity contribution in [3.8, 4) is 11.5 Å². The van der Waals surface area contributed by atoms with Gasteiger partial charge in [-0.2, -0.15) is 0 Å². The normalized spacial score (nSPS) is 10.8. The van der Waals surface area contributed by atoms with Crippen molar-refractivity contribution < 1.29 is 9.47 Å². The van der Waals surface area contributed by atoms with Crippen molar-refractivity contribution in [3.05, 3.63) is 24.3 Å². The van der Waals surface area contributed by atoms with Gasteiger partial charge in [0, 0.05) is 12.1 Å². The molecule has 0 N–H and O–H groups in total. The highest BCUT2D eigenvalue weighted by atomic mass is 16.5. The highest BCUT2D eigenvalue weighted by Gasteiger charge is 2.05. The zero-order chi connectivity index (χ0) is 18.7. The molecular weight excluding hydrogens is 320 g/mol. The van der Waals surface area contributed by atoms with E-state index in [2.05, 4.69) is 26.0 Å². The molecule has 1 rings (SSSR count). The lowest BCUT2D eigenvalue weighted by Crippen LogP contribution is -2.03. The van der Waals surface area contributed by atoms with E-state index in [9.17, 15) is 0 Å². The molecule has 2 heteroatoms. The van der Waals surface area contributed by atoms with Crippen molar-refractivity contribution in [3.63, 3.8) is 0 Å². The highest BCUT2D eigenvalue weighted by Crippen LogP contribution is 2.26. The van der Waals surface area contributed by atoms with Crippen LogP contribution in [0.4, 0.5) is 0 Å². The Balaban J connectivity index is 2.10. The summed E-state index contributed by atoms with van der Waals surface area (Å²) in [4.78, 5) is 0. The third kappa shape index (κ3) is 12.2. The fraction of sp³-hybridized carbons (Fsp3) is 0.750. The molecule has 0 aliphatic rings. The summed E-state index contributed by atoms with van der Waals surface area (Å²) in [5, 5.41) is 0. The second-order valence-electron chi connectivity index (χ2n) is 7.22. The van der Waals surface area contributed by atoms with Crippen LogP contribution < -0.4 is 9.47 Å². The third-order valence-electron chi connectivity index (χ3n) is 4.71. The van der Waals surface area contributed by atoms with Gasteiger partial charge in [0.05, 0.1) is 13.2 Å². The van der Waals surface area contributed by atoms with Crippen LogP contribution in [0.3, 0.4) is 0 Å². The molecule has 0 aromatic heterocycles. The highest BCUT2D eigenvalue weighted by molar-refractivity contribution is 5.37. The molecule has 0 atom stereocenters. The van der Waals surface area contributed by atoms with Crippen LogP contribution in [0.2, 0.25) is 0 Å². The first kappa shape index (κ1) is 22.9. The minimum absolute atomic E-state index is 0.724. The van der Waals surface area contributed by atoms with Crippen molar-refractivity contribution in [2.75, 3.05) is 13.2 Å². The Bertz CT molecular complexity index is 377. The van der Waals surface area contributed by atoms with Crippen LogP contribution in [0.5, 0.6) is 11.5 Å². The molecule has 148 valence electrons. The molecule has 26 heavy (non-hydrogen) atoms. The summed E-state index contributed by atoms with van der Waals surface area (Å²) in [5.41, 5.74) is 0. The molecule has 0 unspecified atom stereocenters. The first-order chi connectivity index (χ1) is 12.9. The monoisotopic (exact) mass is 360 g/mol. The molecule has 2 radical (unpaired) electrons. The third-order valence-corrected chi connectivity index (χ3v) is 4.71. The second kappa shape index (κ2) is 17.2. The summed E-state index contributed by atoms with van der Waals surface area (Å²) in [5.74, 6) is 1.45. The number of unbranched alkanes of at least 4 members (excludes halogenated alkanes) is 12. The first-order valence-electron chi connectivity index (χ1n) is 11.1. The zero-order valence-electron chi connectivity index (χ0n) is 17.3. The minimum atomic E-state index is 0.724. The number of rotatable bonds is 18. The van der Waals surface area contributed by atoms with Gasteiger partial charge in [-0.3, -0.25) is 0 Å². The Morgan fingerprint density at radius 2 is 0.885 bits per heavy atom. The Morgan fingerprint density at radius 3 is 1.27 bits per heavy atom. The molecule has 0 spiro atoms. The quantitative estimate of drug-likeness (QED) is 0.252. The van der Waals surface area contributed by atoms with E-state index in [4.69, 9.17) is 9.47 Å². The molecule has 0 saturated carbocycles. The van der Waals surface area contributed by atoms with Crippen molar-refractivity contribution in [2.45, 2.75) is 104 Å². The van der Waals surface area contributed by atoms with Crippen LogP contribution in [0.15, 0.2) is 12.1 Å². The molecule has 0 amide bonds. The van der Waals surface area contributed by atoms with Crippen LogP contribution in [0.1, 0.15) is 104 Å². The van der Waals surface area contributed by atoms with Gasteiger partial charge in [-0.15, -0.1) is 0 Å². The molecule has 0 aliphatic carbocycles. The standard InChI is InChI=1S/C24H40O2/c1-3-5-7-9-11-13-17-21-25-23-19-15-16-20-24(23)26-22-18-14-12-10-8-6-4-2/h15-16H,3-14,17-18,21-22H2,1-2H3. The average Bonchev–Trinajstić information content (AvgIpc) is 2.67. The van der Waals surface area contributed by atoms with Crippen LogP contribution in [0, 0.1) is 12.1 Å². The lowest BCUT2D eigenvalue weighted by molar-refractivity contribution is 0.257. The number of ether oxygens (including phenoxy) is 2. The summed E-state index contributed by atoms with van der Waals surface area (Å²) in [6, 6.07) is 10.0. The van der Waals surface area contributed by atoms with E-state index in [0.717, 1.165) is 37.6 Å². The molecule has 1 aromatic rings. The van der Waals surface area contributed by atoms with Gasteiger partial charge in [0.15, 0.2) is 11.5 Å². The average molecular weight is 361 g/mol. The van der Waals surface area contributed by atoms with Gasteiger partial charge in [0.2, 0.25) is 0 Å². The smallest absolute Gasteiger partial charge is 0.169 e. The molecular formula is C24H40O2. The van der Waals surface area contributed by atoms with Gasteiger partial charge in [-0.1, -0.05) is 90.9 Å². The molecule has 0 fully saturated rings. The van der Waals surface area contributed by atoms with E-state index in [-0.39, 0.29) is 0 Å². The molecule has 0 saturated heterocycles. The predicted molar refractivity (Wildman–Crippen MR) is 111 cm³/mol. The summed E-state index contributed by atoms with van der Waals surface area (Å²) in [7, 11) is 0. The molecule has 1 aromatic carbocycles. The largest absolute Gasteiger partial charge is 0.489 e. The Kier molecular flexibility index (Phi) is 15.2. The van der Waals surface area contributed by atoms with Gasteiger partial charge in [-0.05, 0) is 25.0 Å². The second-order valence-corrected chi connectivity index (χ2v) is 7.22. The van der Waals surface area contributed by atoms with Gasteiger partial charge in [0.25, 0.3) is 0 Å². The maximum absolute atomic E-state index is 5.88. The van der Waals surface area contributed by atoms with Gasteiger partial charge in [0.1, 0.15) is 0 Å². The fourth-order valence-corrected chi connectivity index (χ4v) is 3.05. The van der Waals surface area contributed by atoms with Gasteiger partial charge < -0.3 is 9.47 Å². The lowest BCUT2D eigenvalue weighted by atomic mass is 10.1. The minimum Gasteiger partial charge on any atom is -0.489 e. The summed E-state index contributed by atoms with van der Waals surface area (Å²) in [6.45, 7) is 6.01. The van der Waals surface area contributed by atoms with E-state index in [0.29, 0.717) is 0 Å². The van der Waals surface area contributed by atoms with Gasteiger partial charge in [-0.25, -0.2) is 0 Å². The van der Waals surface area contributed by atoms with Crippen LogP contribution in [0.25, 0.3) is 0 Å². The Labute approximate surface area is 162 Å². The van der Waals surface area contributed by atoms with E-state index >= 15 is 0 Å². The maximum Gasteiger partial charge on any atom is 0.169 e. The van der Waals surface area contributed by atoms with E-state index in [1.807, 2.05) is 12.1 Å². The van der Waals surface area contributed by atoms with Crippen molar-refractivity contribution >= 4 is 0 Å². The van der Waals surface area contributed by atoms with Crippen molar-refractivity contribution in [1.82, 2.24) is 0 Å². The molecule has 2 nitrogen and oxygen atoms in total. The lowest BCUT2D eigenvalue weighted by Gasteiger charge is -2.12. The Morgan fingerprint density at radius 1 is 0.538 bits per heavy atom. The topological polar surface area (TPSA) is 18.5 Å². The van der Waals surface area contributed by atoms with Gasteiger partial charge >= 0.3 is 0 Å².